The summed E-state index contributed by atoms with van der Waals surface area (Å²) < 4.78 is 25.5. The van der Waals surface area contributed by atoms with Crippen molar-refractivity contribution in [2.45, 2.75) is 45.6 Å². The van der Waals surface area contributed by atoms with Crippen molar-refractivity contribution >= 4 is 32.4 Å². The molecule has 1 aromatic heterocycles. The number of anilines is 1. The van der Waals surface area contributed by atoms with Crippen LogP contribution < -0.4 is 15.4 Å². The van der Waals surface area contributed by atoms with Crippen molar-refractivity contribution < 1.29 is 13.2 Å². The Morgan fingerprint density at radius 3 is 2.54 bits per heavy atom. The molecule has 1 aromatic rings. The summed E-state index contributed by atoms with van der Waals surface area (Å²) in [5.41, 5.74) is -0.553. The second-order valence-electron chi connectivity index (χ2n) is 7.27. The zero-order valence-electron chi connectivity index (χ0n) is 14.5. The van der Waals surface area contributed by atoms with Crippen molar-refractivity contribution in [2.75, 3.05) is 24.7 Å². The topological polar surface area (TPSA) is 100 Å². The number of carbonyl (C=O) groups excluding carboxylic acids is 1. The SMILES string of the molecule is CC(C)(C)C(NS(C)(=O)=O)C(=O)Nc1ncc(C2CCNCC2)s1. The van der Waals surface area contributed by atoms with Crippen molar-refractivity contribution in [2.24, 2.45) is 5.41 Å². The third-order valence-corrected chi connectivity index (χ3v) is 5.69. The number of aromatic nitrogens is 1. The Kier molecular flexibility index (Phi) is 6.00. The maximum atomic E-state index is 12.5. The Bertz CT molecular complexity index is 673. The van der Waals surface area contributed by atoms with Gasteiger partial charge in [0.05, 0.1) is 6.26 Å². The standard InChI is InChI=1S/C15H26N4O3S2/c1-15(2,3)12(19-24(4,21)22)13(20)18-14-17-9-11(23-14)10-5-7-16-8-6-10/h9-10,12,16,19H,5-8H2,1-4H3,(H,17,18,20). The number of piperidine rings is 1. The molecular weight excluding hydrogens is 348 g/mol. The van der Waals surface area contributed by atoms with Gasteiger partial charge in [0.25, 0.3) is 0 Å². The number of nitrogens with zero attached hydrogens (tertiary/aromatic N) is 1. The molecule has 0 saturated carbocycles. The van der Waals surface area contributed by atoms with E-state index < -0.39 is 21.5 Å². The average molecular weight is 375 g/mol. The van der Waals surface area contributed by atoms with E-state index in [2.05, 4.69) is 20.3 Å². The summed E-state index contributed by atoms with van der Waals surface area (Å²) >= 11 is 1.47. The van der Waals surface area contributed by atoms with Gasteiger partial charge in [-0.2, -0.15) is 0 Å². The molecule has 1 aliphatic heterocycles. The smallest absolute Gasteiger partial charge is 0.244 e. The van der Waals surface area contributed by atoms with Crippen LogP contribution in [0.3, 0.4) is 0 Å². The van der Waals surface area contributed by atoms with Crippen LogP contribution in [0, 0.1) is 5.41 Å². The highest BCUT2D eigenvalue weighted by atomic mass is 32.2. The first kappa shape index (κ1) is 19.3. The molecule has 0 aliphatic carbocycles. The van der Waals surface area contributed by atoms with E-state index in [1.807, 2.05) is 27.0 Å². The van der Waals surface area contributed by atoms with Crippen molar-refractivity contribution in [3.05, 3.63) is 11.1 Å². The van der Waals surface area contributed by atoms with Gasteiger partial charge in [-0.05, 0) is 37.3 Å². The summed E-state index contributed by atoms with van der Waals surface area (Å²) in [6.07, 6.45) is 5.00. The summed E-state index contributed by atoms with van der Waals surface area (Å²) in [6.45, 7) is 7.44. The number of rotatable bonds is 5. The van der Waals surface area contributed by atoms with Crippen LogP contribution in [0.15, 0.2) is 6.20 Å². The van der Waals surface area contributed by atoms with Gasteiger partial charge in [-0.25, -0.2) is 18.1 Å². The highest BCUT2D eigenvalue weighted by Gasteiger charge is 2.34. The first-order valence-corrected chi connectivity index (χ1v) is 10.7. The minimum Gasteiger partial charge on any atom is -0.317 e. The Morgan fingerprint density at radius 2 is 2.00 bits per heavy atom. The van der Waals surface area contributed by atoms with Gasteiger partial charge in [0.15, 0.2) is 5.13 Å². The van der Waals surface area contributed by atoms with Gasteiger partial charge < -0.3 is 10.6 Å². The van der Waals surface area contributed by atoms with E-state index in [-0.39, 0.29) is 5.91 Å². The van der Waals surface area contributed by atoms with E-state index in [9.17, 15) is 13.2 Å². The van der Waals surface area contributed by atoms with E-state index in [0.29, 0.717) is 11.0 Å². The second kappa shape index (κ2) is 7.47. The maximum absolute atomic E-state index is 12.5. The van der Waals surface area contributed by atoms with Crippen LogP contribution in [0.4, 0.5) is 5.13 Å². The molecule has 3 N–H and O–H groups in total. The third kappa shape index (κ3) is 5.51. The van der Waals surface area contributed by atoms with Crippen molar-refractivity contribution in [1.29, 1.82) is 0 Å². The van der Waals surface area contributed by atoms with E-state index in [1.54, 1.807) is 0 Å². The largest absolute Gasteiger partial charge is 0.317 e. The van der Waals surface area contributed by atoms with Crippen LogP contribution in [-0.4, -0.2) is 44.7 Å². The normalized spacial score (nSPS) is 18.3. The average Bonchev–Trinajstić information content (AvgIpc) is 2.92. The van der Waals surface area contributed by atoms with Crippen molar-refractivity contribution in [1.82, 2.24) is 15.0 Å². The number of amides is 1. The summed E-state index contributed by atoms with van der Waals surface area (Å²) in [4.78, 5) is 18.0. The molecule has 0 spiro atoms. The minimum atomic E-state index is -3.49. The number of thiazole rings is 1. The molecule has 0 bridgehead atoms. The van der Waals surface area contributed by atoms with Gasteiger partial charge in [0.2, 0.25) is 15.9 Å². The number of nitrogens with one attached hydrogen (secondary N) is 3. The van der Waals surface area contributed by atoms with Gasteiger partial charge >= 0.3 is 0 Å². The van der Waals surface area contributed by atoms with Gasteiger partial charge in [-0.1, -0.05) is 20.8 Å². The summed E-state index contributed by atoms with van der Waals surface area (Å²) in [5.74, 6) is 0.0843. The maximum Gasteiger partial charge on any atom is 0.244 e. The van der Waals surface area contributed by atoms with Crippen molar-refractivity contribution in [3.63, 3.8) is 0 Å². The first-order valence-electron chi connectivity index (χ1n) is 8.01. The van der Waals surface area contributed by atoms with Gasteiger partial charge in [0, 0.05) is 11.1 Å². The third-order valence-electron chi connectivity index (χ3n) is 3.96. The fraction of sp³-hybridized carbons (Fsp3) is 0.733. The summed E-state index contributed by atoms with van der Waals surface area (Å²) in [5, 5.41) is 6.59. The van der Waals surface area contributed by atoms with E-state index in [1.165, 1.54) is 11.3 Å². The quantitative estimate of drug-likeness (QED) is 0.725. The molecule has 2 rings (SSSR count). The molecule has 1 aliphatic rings. The Balaban J connectivity index is 2.08. The molecular formula is C15H26N4O3S2. The van der Waals surface area contributed by atoms with Crippen LogP contribution >= 0.6 is 11.3 Å². The van der Waals surface area contributed by atoms with Crippen LogP contribution in [0.1, 0.15) is 44.4 Å². The lowest BCUT2D eigenvalue weighted by atomic mass is 9.87. The Labute approximate surface area is 147 Å². The fourth-order valence-corrected chi connectivity index (χ4v) is 4.53. The summed E-state index contributed by atoms with van der Waals surface area (Å²) in [6, 6.07) is -0.862. The predicted molar refractivity (Wildman–Crippen MR) is 96.8 cm³/mol. The van der Waals surface area contributed by atoms with Crippen LogP contribution in [0.25, 0.3) is 0 Å². The molecule has 1 fully saturated rings. The molecule has 1 amide bonds. The first-order chi connectivity index (χ1) is 11.1. The molecule has 7 nitrogen and oxygen atoms in total. The molecule has 2 heterocycles. The molecule has 9 heteroatoms. The molecule has 0 radical (unpaired) electrons. The van der Waals surface area contributed by atoms with Crippen LogP contribution in [-0.2, 0) is 14.8 Å². The van der Waals surface area contributed by atoms with Gasteiger partial charge in [-0.3, -0.25) is 4.79 Å². The number of hydrogen-bond acceptors (Lipinski definition) is 6. The van der Waals surface area contributed by atoms with E-state index >= 15 is 0 Å². The highest BCUT2D eigenvalue weighted by molar-refractivity contribution is 7.88. The lowest BCUT2D eigenvalue weighted by Gasteiger charge is -2.29. The molecule has 0 aromatic carbocycles. The molecule has 1 atom stereocenters. The molecule has 136 valence electrons. The number of hydrogen-bond donors (Lipinski definition) is 3. The summed E-state index contributed by atoms with van der Waals surface area (Å²) in [7, 11) is -3.49. The van der Waals surface area contributed by atoms with Gasteiger partial charge in [-0.15, -0.1) is 11.3 Å². The Morgan fingerprint density at radius 1 is 1.38 bits per heavy atom. The molecule has 1 saturated heterocycles. The zero-order chi connectivity index (χ0) is 18.0. The number of sulfonamides is 1. The second-order valence-corrected chi connectivity index (χ2v) is 10.1. The number of carbonyl (C=O) groups is 1. The zero-order valence-corrected chi connectivity index (χ0v) is 16.2. The van der Waals surface area contributed by atoms with Crippen molar-refractivity contribution in [3.8, 4) is 0 Å². The van der Waals surface area contributed by atoms with Crippen LogP contribution in [0.2, 0.25) is 0 Å². The van der Waals surface area contributed by atoms with E-state index in [4.69, 9.17) is 0 Å². The minimum absolute atomic E-state index is 0.390. The van der Waals surface area contributed by atoms with E-state index in [0.717, 1.165) is 37.1 Å². The Hall–Kier alpha value is -1.03. The van der Waals surface area contributed by atoms with Gasteiger partial charge in [0.1, 0.15) is 6.04 Å². The predicted octanol–water partition coefficient (Wildman–Crippen LogP) is 1.51. The molecule has 24 heavy (non-hydrogen) atoms. The fourth-order valence-electron chi connectivity index (χ4n) is 2.65. The molecule has 1 unspecified atom stereocenters. The highest BCUT2D eigenvalue weighted by Crippen LogP contribution is 2.32. The van der Waals surface area contributed by atoms with Crippen LogP contribution in [0.5, 0.6) is 0 Å². The lowest BCUT2D eigenvalue weighted by molar-refractivity contribution is -0.119. The lowest BCUT2D eigenvalue weighted by Crippen LogP contribution is -2.51. The monoisotopic (exact) mass is 374 g/mol.